The van der Waals surface area contributed by atoms with Crippen LogP contribution in [0.2, 0.25) is 0 Å². The largest absolute Gasteiger partial charge is 0.379 e. The molecule has 1 aliphatic heterocycles. The molecule has 0 bridgehead atoms. The van der Waals surface area contributed by atoms with E-state index in [1.807, 2.05) is 12.1 Å². The number of nitrogens with zero attached hydrogens (tertiary/aromatic N) is 3. The lowest BCUT2D eigenvalue weighted by molar-refractivity contribution is 0.0374. The van der Waals surface area contributed by atoms with Crippen molar-refractivity contribution in [2.45, 2.75) is 26.3 Å². The van der Waals surface area contributed by atoms with Gasteiger partial charge in [0.1, 0.15) is 0 Å². The summed E-state index contributed by atoms with van der Waals surface area (Å²) >= 11 is 0. The van der Waals surface area contributed by atoms with E-state index in [0.29, 0.717) is 17.8 Å². The summed E-state index contributed by atoms with van der Waals surface area (Å²) in [6, 6.07) is 17.4. The number of rotatable bonds is 8. The smallest absolute Gasteiger partial charge is 0.223 e. The SMILES string of the molecule is Cc1nc(-c2ccc(-c3ccc(C(C)NCCCN4CCOCC4)cc3)cc2)no1. The van der Waals surface area contributed by atoms with Gasteiger partial charge in [-0.25, -0.2) is 0 Å². The number of morpholine rings is 1. The lowest BCUT2D eigenvalue weighted by atomic mass is 10.0. The Hall–Kier alpha value is -2.54. The van der Waals surface area contributed by atoms with E-state index in [0.717, 1.165) is 51.4 Å². The van der Waals surface area contributed by atoms with Crippen LogP contribution in [0, 0.1) is 6.92 Å². The van der Waals surface area contributed by atoms with Gasteiger partial charge in [-0.15, -0.1) is 0 Å². The topological polar surface area (TPSA) is 63.4 Å². The van der Waals surface area contributed by atoms with Gasteiger partial charge < -0.3 is 14.6 Å². The second kappa shape index (κ2) is 9.98. The van der Waals surface area contributed by atoms with Gasteiger partial charge in [-0.2, -0.15) is 4.98 Å². The fourth-order valence-corrected chi connectivity index (χ4v) is 3.76. The molecule has 0 saturated carbocycles. The molecule has 30 heavy (non-hydrogen) atoms. The Morgan fingerprint density at radius 2 is 1.60 bits per heavy atom. The standard InChI is InChI=1S/C24H30N4O2/c1-18(25-12-3-13-28-14-16-29-17-15-28)20-4-6-21(7-5-20)22-8-10-23(11-9-22)24-26-19(2)30-27-24/h4-11,18,25H,3,12-17H2,1-2H3. The Bertz CT molecular complexity index is 915. The minimum Gasteiger partial charge on any atom is -0.379 e. The first kappa shape index (κ1) is 20.7. The van der Waals surface area contributed by atoms with Crippen LogP contribution in [0.4, 0.5) is 0 Å². The fraction of sp³-hybridized carbons (Fsp3) is 0.417. The summed E-state index contributed by atoms with van der Waals surface area (Å²) in [4.78, 5) is 6.76. The molecule has 1 aromatic heterocycles. The van der Waals surface area contributed by atoms with Crippen molar-refractivity contribution in [1.29, 1.82) is 0 Å². The zero-order chi connectivity index (χ0) is 20.8. The Kier molecular flexibility index (Phi) is 6.89. The number of benzene rings is 2. The molecular formula is C24H30N4O2. The van der Waals surface area contributed by atoms with E-state index in [9.17, 15) is 0 Å². The molecule has 6 nitrogen and oxygen atoms in total. The van der Waals surface area contributed by atoms with Crippen molar-refractivity contribution in [2.75, 3.05) is 39.4 Å². The summed E-state index contributed by atoms with van der Waals surface area (Å²) in [6.45, 7) is 10.1. The van der Waals surface area contributed by atoms with Crippen LogP contribution < -0.4 is 5.32 Å². The summed E-state index contributed by atoms with van der Waals surface area (Å²) in [5.41, 5.74) is 4.65. The molecular weight excluding hydrogens is 376 g/mol. The normalized spacial score (nSPS) is 15.9. The minimum atomic E-state index is 0.340. The van der Waals surface area contributed by atoms with Gasteiger partial charge in [0.2, 0.25) is 11.7 Å². The van der Waals surface area contributed by atoms with Gasteiger partial charge >= 0.3 is 0 Å². The predicted octanol–water partition coefficient (Wildman–Crippen LogP) is 4.08. The Morgan fingerprint density at radius 3 is 2.23 bits per heavy atom. The first-order chi connectivity index (χ1) is 14.7. The lowest BCUT2D eigenvalue weighted by Crippen LogP contribution is -2.37. The van der Waals surface area contributed by atoms with Gasteiger partial charge in [0.25, 0.3) is 0 Å². The predicted molar refractivity (Wildman–Crippen MR) is 118 cm³/mol. The number of nitrogens with one attached hydrogen (secondary N) is 1. The molecule has 2 aromatic carbocycles. The number of ether oxygens (including phenoxy) is 1. The van der Waals surface area contributed by atoms with Gasteiger partial charge in [0, 0.05) is 31.6 Å². The highest BCUT2D eigenvalue weighted by atomic mass is 16.5. The first-order valence-electron chi connectivity index (χ1n) is 10.7. The maximum absolute atomic E-state index is 5.40. The van der Waals surface area contributed by atoms with Gasteiger partial charge in [-0.1, -0.05) is 53.7 Å². The van der Waals surface area contributed by atoms with E-state index in [1.54, 1.807) is 6.92 Å². The van der Waals surface area contributed by atoms with E-state index in [-0.39, 0.29) is 0 Å². The molecule has 0 amide bonds. The molecule has 2 heterocycles. The zero-order valence-corrected chi connectivity index (χ0v) is 17.8. The highest BCUT2D eigenvalue weighted by molar-refractivity contribution is 5.67. The highest BCUT2D eigenvalue weighted by Crippen LogP contribution is 2.25. The van der Waals surface area contributed by atoms with Crippen molar-refractivity contribution in [2.24, 2.45) is 0 Å². The number of aryl methyl sites for hydroxylation is 1. The fourth-order valence-electron chi connectivity index (χ4n) is 3.76. The zero-order valence-electron chi connectivity index (χ0n) is 17.8. The van der Waals surface area contributed by atoms with E-state index >= 15 is 0 Å². The summed E-state index contributed by atoms with van der Waals surface area (Å²) in [5, 5.41) is 7.62. The maximum atomic E-state index is 5.40. The Balaban J connectivity index is 1.28. The van der Waals surface area contributed by atoms with Gasteiger partial charge in [0.05, 0.1) is 13.2 Å². The van der Waals surface area contributed by atoms with Crippen molar-refractivity contribution in [3.8, 4) is 22.5 Å². The molecule has 3 aromatic rings. The minimum absolute atomic E-state index is 0.340. The number of hydrogen-bond donors (Lipinski definition) is 1. The summed E-state index contributed by atoms with van der Waals surface area (Å²) in [6.07, 6.45) is 1.16. The molecule has 1 fully saturated rings. The van der Waals surface area contributed by atoms with Crippen LogP contribution in [0.1, 0.15) is 30.8 Å². The molecule has 0 spiro atoms. The van der Waals surface area contributed by atoms with Gasteiger partial charge in [-0.3, -0.25) is 4.90 Å². The van der Waals surface area contributed by atoms with Crippen LogP contribution in [0.5, 0.6) is 0 Å². The maximum Gasteiger partial charge on any atom is 0.223 e. The molecule has 0 aliphatic carbocycles. The Labute approximate surface area is 178 Å². The third-order valence-electron chi connectivity index (χ3n) is 5.62. The average molecular weight is 407 g/mol. The molecule has 4 rings (SSSR count). The summed E-state index contributed by atoms with van der Waals surface area (Å²) in [5.74, 6) is 1.21. The molecule has 1 saturated heterocycles. The van der Waals surface area contributed by atoms with Crippen LogP contribution in [-0.2, 0) is 4.74 Å². The molecule has 1 unspecified atom stereocenters. The van der Waals surface area contributed by atoms with E-state index in [1.165, 1.54) is 16.7 Å². The molecule has 0 radical (unpaired) electrons. The van der Waals surface area contributed by atoms with Gasteiger partial charge in [0.15, 0.2) is 0 Å². The molecule has 1 N–H and O–H groups in total. The molecule has 1 atom stereocenters. The van der Waals surface area contributed by atoms with Crippen LogP contribution in [-0.4, -0.2) is 54.4 Å². The monoisotopic (exact) mass is 406 g/mol. The van der Waals surface area contributed by atoms with Crippen molar-refractivity contribution in [3.63, 3.8) is 0 Å². The van der Waals surface area contributed by atoms with E-state index in [4.69, 9.17) is 9.26 Å². The van der Waals surface area contributed by atoms with Gasteiger partial charge in [-0.05, 0) is 43.1 Å². The van der Waals surface area contributed by atoms with Crippen LogP contribution in [0.3, 0.4) is 0 Å². The van der Waals surface area contributed by atoms with E-state index in [2.05, 4.69) is 63.7 Å². The lowest BCUT2D eigenvalue weighted by Gasteiger charge is -2.26. The van der Waals surface area contributed by atoms with Crippen LogP contribution in [0.25, 0.3) is 22.5 Å². The third-order valence-corrected chi connectivity index (χ3v) is 5.62. The average Bonchev–Trinajstić information content (AvgIpc) is 3.24. The highest BCUT2D eigenvalue weighted by Gasteiger charge is 2.10. The molecule has 1 aliphatic rings. The van der Waals surface area contributed by atoms with Crippen molar-refractivity contribution < 1.29 is 9.26 Å². The summed E-state index contributed by atoms with van der Waals surface area (Å²) < 4.78 is 10.5. The number of aromatic nitrogens is 2. The van der Waals surface area contributed by atoms with Crippen LogP contribution in [0.15, 0.2) is 53.1 Å². The Morgan fingerprint density at radius 1 is 0.967 bits per heavy atom. The van der Waals surface area contributed by atoms with Crippen molar-refractivity contribution in [1.82, 2.24) is 20.4 Å². The first-order valence-corrected chi connectivity index (χ1v) is 10.7. The second-order valence-corrected chi connectivity index (χ2v) is 7.82. The van der Waals surface area contributed by atoms with Crippen LogP contribution >= 0.6 is 0 Å². The molecule has 158 valence electrons. The number of hydrogen-bond acceptors (Lipinski definition) is 6. The van der Waals surface area contributed by atoms with Crippen molar-refractivity contribution in [3.05, 3.63) is 60.0 Å². The quantitative estimate of drug-likeness (QED) is 0.569. The second-order valence-electron chi connectivity index (χ2n) is 7.82. The molecule has 6 heteroatoms. The van der Waals surface area contributed by atoms with Crippen molar-refractivity contribution >= 4 is 0 Å². The summed E-state index contributed by atoms with van der Waals surface area (Å²) in [7, 11) is 0. The van der Waals surface area contributed by atoms with E-state index < -0.39 is 0 Å². The third kappa shape index (κ3) is 5.33.